The van der Waals surface area contributed by atoms with Gasteiger partial charge in [0.2, 0.25) is 0 Å². The Labute approximate surface area is 94.5 Å². The first-order valence-corrected chi connectivity index (χ1v) is 5.79. The third-order valence-electron chi connectivity index (χ3n) is 2.06. The maximum Gasteiger partial charge on any atom is 0.306 e. The molecule has 0 radical (unpaired) electrons. The zero-order valence-electron chi connectivity index (χ0n) is 7.66. The second-order valence-electron chi connectivity index (χ2n) is 3.06. The number of thiophene rings is 1. The van der Waals surface area contributed by atoms with E-state index in [1.54, 1.807) is 13.0 Å². The summed E-state index contributed by atoms with van der Waals surface area (Å²) in [6.45, 7) is 1.77. The molecule has 0 fully saturated rings. The van der Waals surface area contributed by atoms with Crippen LogP contribution in [0.1, 0.15) is 24.6 Å². The Balaban J connectivity index is 2.94. The van der Waals surface area contributed by atoms with Crippen LogP contribution in [0.5, 0.6) is 0 Å². The van der Waals surface area contributed by atoms with Crippen molar-refractivity contribution in [3.8, 4) is 0 Å². The zero-order valence-corrected chi connectivity index (χ0v) is 10.1. The second-order valence-corrected chi connectivity index (χ2v) is 5.52. The summed E-state index contributed by atoms with van der Waals surface area (Å²) in [5, 5.41) is 18.8. The number of carboxylic acids is 1. The van der Waals surface area contributed by atoms with Gasteiger partial charge in [0.15, 0.2) is 0 Å². The van der Waals surface area contributed by atoms with E-state index in [0.717, 1.165) is 3.79 Å². The summed E-state index contributed by atoms with van der Waals surface area (Å²) in [6.07, 6.45) is 0.142. The Morgan fingerprint density at radius 3 is 2.64 bits per heavy atom. The SMILES string of the molecule is CCC(O)(CC(=O)O)c1ccc(Br)s1. The molecule has 1 heterocycles. The van der Waals surface area contributed by atoms with Gasteiger partial charge in [0.1, 0.15) is 5.60 Å². The lowest BCUT2D eigenvalue weighted by molar-refractivity contribution is -0.143. The number of halogens is 1. The first kappa shape index (κ1) is 11.7. The Morgan fingerprint density at radius 1 is 1.64 bits per heavy atom. The van der Waals surface area contributed by atoms with Gasteiger partial charge in [0.25, 0.3) is 0 Å². The van der Waals surface area contributed by atoms with E-state index < -0.39 is 11.6 Å². The monoisotopic (exact) mass is 278 g/mol. The molecule has 0 bridgehead atoms. The second kappa shape index (κ2) is 4.42. The fourth-order valence-electron chi connectivity index (χ4n) is 1.20. The third kappa shape index (κ3) is 2.56. The Kier molecular flexibility index (Phi) is 3.69. The van der Waals surface area contributed by atoms with Crippen molar-refractivity contribution in [3.05, 3.63) is 20.8 Å². The minimum Gasteiger partial charge on any atom is -0.481 e. The van der Waals surface area contributed by atoms with Crippen LogP contribution in [-0.2, 0) is 10.4 Å². The number of aliphatic carboxylic acids is 1. The van der Waals surface area contributed by atoms with Crippen LogP contribution in [0.25, 0.3) is 0 Å². The van der Waals surface area contributed by atoms with E-state index in [2.05, 4.69) is 15.9 Å². The van der Waals surface area contributed by atoms with E-state index in [0.29, 0.717) is 11.3 Å². The lowest BCUT2D eigenvalue weighted by Crippen LogP contribution is -2.26. The summed E-state index contributed by atoms with van der Waals surface area (Å²) >= 11 is 4.64. The van der Waals surface area contributed by atoms with Gasteiger partial charge in [0.05, 0.1) is 10.2 Å². The molecule has 14 heavy (non-hydrogen) atoms. The van der Waals surface area contributed by atoms with Crippen LogP contribution in [0.2, 0.25) is 0 Å². The van der Waals surface area contributed by atoms with Gasteiger partial charge in [-0.15, -0.1) is 11.3 Å². The molecule has 2 N–H and O–H groups in total. The molecule has 5 heteroatoms. The maximum atomic E-state index is 10.6. The molecule has 1 rings (SSSR count). The molecule has 0 aliphatic rings. The van der Waals surface area contributed by atoms with Crippen LogP contribution in [-0.4, -0.2) is 16.2 Å². The van der Waals surface area contributed by atoms with Gasteiger partial charge in [-0.05, 0) is 34.5 Å². The van der Waals surface area contributed by atoms with Crippen LogP contribution >= 0.6 is 27.3 Å². The third-order valence-corrected chi connectivity index (χ3v) is 3.88. The van der Waals surface area contributed by atoms with Crippen molar-refractivity contribution in [3.63, 3.8) is 0 Å². The van der Waals surface area contributed by atoms with E-state index in [1.165, 1.54) is 11.3 Å². The Bertz CT molecular complexity index is 337. The summed E-state index contributed by atoms with van der Waals surface area (Å²) in [5.41, 5.74) is -1.23. The zero-order chi connectivity index (χ0) is 10.8. The van der Waals surface area contributed by atoms with E-state index in [9.17, 15) is 9.90 Å². The van der Waals surface area contributed by atoms with Gasteiger partial charge in [-0.2, -0.15) is 0 Å². The molecular formula is C9H11BrO3S. The van der Waals surface area contributed by atoms with Crippen LogP contribution in [0.15, 0.2) is 15.9 Å². The fraction of sp³-hybridized carbons (Fsp3) is 0.444. The van der Waals surface area contributed by atoms with Gasteiger partial charge >= 0.3 is 5.97 Å². The molecule has 0 saturated carbocycles. The van der Waals surface area contributed by atoms with Gasteiger partial charge in [0, 0.05) is 4.88 Å². The summed E-state index contributed by atoms with van der Waals surface area (Å²) in [7, 11) is 0. The molecule has 3 nitrogen and oxygen atoms in total. The summed E-state index contributed by atoms with van der Waals surface area (Å²) in [5.74, 6) is -0.987. The predicted molar refractivity (Wildman–Crippen MR) is 58.5 cm³/mol. The highest BCUT2D eigenvalue weighted by Gasteiger charge is 2.31. The van der Waals surface area contributed by atoms with Crippen molar-refractivity contribution in [1.82, 2.24) is 0 Å². The molecule has 0 aliphatic carbocycles. The van der Waals surface area contributed by atoms with E-state index in [4.69, 9.17) is 5.11 Å². The van der Waals surface area contributed by atoms with E-state index >= 15 is 0 Å². The van der Waals surface area contributed by atoms with E-state index in [-0.39, 0.29) is 6.42 Å². The van der Waals surface area contributed by atoms with Crippen molar-refractivity contribution in [2.24, 2.45) is 0 Å². The highest BCUT2D eigenvalue weighted by Crippen LogP contribution is 2.35. The molecule has 0 spiro atoms. The molecular weight excluding hydrogens is 268 g/mol. The number of carbonyl (C=O) groups is 1. The molecule has 0 aromatic carbocycles. The number of hydrogen-bond donors (Lipinski definition) is 2. The average molecular weight is 279 g/mol. The molecule has 0 saturated heterocycles. The molecule has 1 aromatic heterocycles. The van der Waals surface area contributed by atoms with Crippen LogP contribution in [0, 0.1) is 0 Å². The standard InChI is InChI=1S/C9H11BrO3S/c1-2-9(13,5-8(11)12)6-3-4-7(10)14-6/h3-4,13H,2,5H2,1H3,(H,11,12). The highest BCUT2D eigenvalue weighted by molar-refractivity contribution is 9.11. The highest BCUT2D eigenvalue weighted by atomic mass is 79.9. The van der Waals surface area contributed by atoms with Crippen LogP contribution in [0.4, 0.5) is 0 Å². The average Bonchev–Trinajstić information content (AvgIpc) is 2.51. The van der Waals surface area contributed by atoms with Crippen molar-refractivity contribution >= 4 is 33.2 Å². The largest absolute Gasteiger partial charge is 0.481 e. The number of rotatable bonds is 4. The minimum absolute atomic E-state index is 0.254. The smallest absolute Gasteiger partial charge is 0.306 e. The molecule has 0 amide bonds. The molecule has 78 valence electrons. The Hall–Kier alpha value is -0.390. The quantitative estimate of drug-likeness (QED) is 0.890. The molecule has 0 aliphatic heterocycles. The predicted octanol–water partition coefficient (Wildman–Crippen LogP) is 2.58. The van der Waals surface area contributed by atoms with Crippen LogP contribution in [0.3, 0.4) is 0 Å². The Morgan fingerprint density at radius 2 is 2.29 bits per heavy atom. The van der Waals surface area contributed by atoms with Crippen molar-refractivity contribution < 1.29 is 15.0 Å². The number of aliphatic hydroxyl groups is 1. The van der Waals surface area contributed by atoms with Gasteiger partial charge in [-0.3, -0.25) is 4.79 Å². The minimum atomic E-state index is -1.23. The fourth-order valence-corrected chi connectivity index (χ4v) is 2.74. The normalized spacial score (nSPS) is 15.1. The van der Waals surface area contributed by atoms with E-state index in [1.807, 2.05) is 6.07 Å². The van der Waals surface area contributed by atoms with Crippen LogP contribution < -0.4 is 0 Å². The number of hydrogen-bond acceptors (Lipinski definition) is 3. The number of carboxylic acid groups (broad SMARTS) is 1. The molecule has 1 unspecified atom stereocenters. The first-order valence-electron chi connectivity index (χ1n) is 4.18. The van der Waals surface area contributed by atoms with Gasteiger partial charge in [-0.1, -0.05) is 6.92 Å². The lowest BCUT2D eigenvalue weighted by Gasteiger charge is -2.23. The maximum absolute atomic E-state index is 10.6. The summed E-state index contributed by atoms with van der Waals surface area (Å²) < 4.78 is 0.893. The van der Waals surface area contributed by atoms with Gasteiger partial charge in [-0.25, -0.2) is 0 Å². The van der Waals surface area contributed by atoms with Crippen molar-refractivity contribution in [2.45, 2.75) is 25.4 Å². The molecule has 1 atom stereocenters. The van der Waals surface area contributed by atoms with Crippen molar-refractivity contribution in [2.75, 3.05) is 0 Å². The summed E-state index contributed by atoms with van der Waals surface area (Å²) in [6, 6.07) is 3.56. The lowest BCUT2D eigenvalue weighted by atomic mass is 9.95. The molecule has 1 aromatic rings. The summed E-state index contributed by atoms with van der Waals surface area (Å²) in [4.78, 5) is 11.3. The van der Waals surface area contributed by atoms with Crippen molar-refractivity contribution in [1.29, 1.82) is 0 Å². The van der Waals surface area contributed by atoms with Gasteiger partial charge < -0.3 is 10.2 Å². The first-order chi connectivity index (χ1) is 6.48. The topological polar surface area (TPSA) is 57.5 Å².